The van der Waals surface area contributed by atoms with E-state index in [1.54, 1.807) is 18.2 Å². The number of fused-ring (bicyclic) bond motifs is 1. The first-order valence-electron chi connectivity index (χ1n) is 9.11. The average Bonchev–Trinajstić information content (AvgIpc) is 3.28. The zero-order chi connectivity index (χ0) is 19.7. The van der Waals surface area contributed by atoms with Gasteiger partial charge < -0.3 is 15.0 Å². The van der Waals surface area contributed by atoms with E-state index >= 15 is 0 Å². The lowest BCUT2D eigenvalue weighted by molar-refractivity contribution is -0.115. The Kier molecular flexibility index (Phi) is 5.37. The number of amides is 1. The first kappa shape index (κ1) is 19.3. The molecule has 1 amide bonds. The summed E-state index contributed by atoms with van der Waals surface area (Å²) >= 11 is 1.40. The molecule has 0 spiro atoms. The summed E-state index contributed by atoms with van der Waals surface area (Å²) in [6.07, 6.45) is 0.714. The van der Waals surface area contributed by atoms with E-state index in [2.05, 4.69) is 10.3 Å². The van der Waals surface area contributed by atoms with Crippen molar-refractivity contribution in [2.45, 2.75) is 18.2 Å². The fraction of sp³-hybridized carbons (Fsp3) is 0.444. The van der Waals surface area contributed by atoms with Gasteiger partial charge in [-0.3, -0.25) is 4.79 Å². The summed E-state index contributed by atoms with van der Waals surface area (Å²) in [6, 6.07) is 5.17. The smallest absolute Gasteiger partial charge is 0.245 e. The Labute approximate surface area is 168 Å². The lowest BCUT2D eigenvalue weighted by Crippen LogP contribution is -2.40. The summed E-state index contributed by atoms with van der Waals surface area (Å²) < 4.78 is 32.4. The molecular weight excluding hydrogens is 400 g/mol. The van der Waals surface area contributed by atoms with Crippen LogP contribution in [0.4, 0.5) is 10.8 Å². The number of morpholine rings is 1. The van der Waals surface area contributed by atoms with Crippen LogP contribution >= 0.6 is 11.3 Å². The van der Waals surface area contributed by atoms with Gasteiger partial charge in [0.25, 0.3) is 0 Å². The van der Waals surface area contributed by atoms with Gasteiger partial charge in [0.1, 0.15) is 0 Å². The van der Waals surface area contributed by atoms with Gasteiger partial charge in [0.05, 0.1) is 30.3 Å². The normalized spacial score (nSPS) is 17.5. The van der Waals surface area contributed by atoms with Gasteiger partial charge in [-0.15, -0.1) is 11.3 Å². The van der Waals surface area contributed by atoms with Crippen molar-refractivity contribution in [1.29, 1.82) is 0 Å². The van der Waals surface area contributed by atoms with Crippen LogP contribution in [0.1, 0.15) is 11.3 Å². The molecule has 0 aliphatic carbocycles. The first-order chi connectivity index (χ1) is 13.4. The Morgan fingerprint density at radius 2 is 2.07 bits per heavy atom. The van der Waals surface area contributed by atoms with Crippen molar-refractivity contribution in [3.8, 4) is 0 Å². The fourth-order valence-electron chi connectivity index (χ4n) is 3.45. The molecule has 2 aromatic rings. The number of nitrogens with one attached hydrogen (secondary N) is 1. The molecule has 8 nitrogen and oxygen atoms in total. The maximum absolute atomic E-state index is 12.8. The van der Waals surface area contributed by atoms with E-state index in [9.17, 15) is 13.2 Å². The van der Waals surface area contributed by atoms with Gasteiger partial charge in [0.2, 0.25) is 15.9 Å². The Morgan fingerprint density at radius 1 is 1.29 bits per heavy atom. The minimum Gasteiger partial charge on any atom is -0.379 e. The monoisotopic (exact) mass is 422 g/mol. The second-order valence-corrected chi connectivity index (χ2v) is 9.62. The van der Waals surface area contributed by atoms with Crippen molar-refractivity contribution < 1.29 is 17.9 Å². The van der Waals surface area contributed by atoms with Crippen LogP contribution < -0.4 is 10.2 Å². The van der Waals surface area contributed by atoms with Crippen LogP contribution in [0.3, 0.4) is 0 Å². The summed E-state index contributed by atoms with van der Waals surface area (Å²) in [4.78, 5) is 18.8. The predicted octanol–water partition coefficient (Wildman–Crippen LogP) is 1.47. The van der Waals surface area contributed by atoms with Crippen LogP contribution in [-0.2, 0) is 26.0 Å². The minimum absolute atomic E-state index is 0.132. The van der Waals surface area contributed by atoms with Gasteiger partial charge in [-0.2, -0.15) is 4.31 Å². The lowest BCUT2D eigenvalue weighted by atomic mass is 10.2. The molecule has 0 saturated carbocycles. The molecule has 1 N–H and O–H groups in total. The Morgan fingerprint density at radius 3 is 2.79 bits per heavy atom. The number of benzene rings is 1. The van der Waals surface area contributed by atoms with E-state index < -0.39 is 10.0 Å². The molecule has 10 heteroatoms. The number of aryl methyl sites for hydroxylation is 1. The summed E-state index contributed by atoms with van der Waals surface area (Å²) in [5.74, 6) is -0.132. The summed E-state index contributed by atoms with van der Waals surface area (Å²) in [5, 5.41) is 5.29. The van der Waals surface area contributed by atoms with Gasteiger partial charge in [0, 0.05) is 30.7 Å². The molecule has 4 rings (SSSR count). The molecule has 2 aliphatic heterocycles. The molecule has 1 saturated heterocycles. The topological polar surface area (TPSA) is 91.8 Å². The highest BCUT2D eigenvalue weighted by atomic mass is 32.2. The van der Waals surface area contributed by atoms with Crippen LogP contribution in [0.15, 0.2) is 28.5 Å². The quantitative estimate of drug-likeness (QED) is 0.785. The van der Waals surface area contributed by atoms with Gasteiger partial charge in [-0.05, 0) is 37.1 Å². The van der Waals surface area contributed by atoms with E-state index in [0.717, 1.165) is 16.9 Å². The summed E-state index contributed by atoms with van der Waals surface area (Å²) in [5.41, 5.74) is 2.74. The number of aromatic nitrogens is 1. The third-order valence-corrected chi connectivity index (χ3v) is 7.62. The van der Waals surface area contributed by atoms with Crippen molar-refractivity contribution >= 4 is 38.1 Å². The molecule has 0 radical (unpaired) electrons. The Bertz CT molecular complexity index is 983. The number of hydrogen-bond donors (Lipinski definition) is 1. The maximum atomic E-state index is 12.8. The van der Waals surface area contributed by atoms with E-state index in [-0.39, 0.29) is 12.5 Å². The highest BCUT2D eigenvalue weighted by molar-refractivity contribution is 7.89. The van der Waals surface area contributed by atoms with Gasteiger partial charge in [-0.25, -0.2) is 13.4 Å². The minimum atomic E-state index is -3.51. The SMILES string of the molecule is Cc1csc(NC(=O)CN2CCc3cc(S(=O)(=O)N4CCOCC4)ccc32)n1. The molecule has 1 fully saturated rings. The van der Waals surface area contributed by atoms with Crippen molar-refractivity contribution in [2.75, 3.05) is 49.6 Å². The molecule has 0 atom stereocenters. The van der Waals surface area contributed by atoms with Crippen molar-refractivity contribution in [3.63, 3.8) is 0 Å². The van der Waals surface area contributed by atoms with Crippen LogP contribution in [0.5, 0.6) is 0 Å². The van der Waals surface area contributed by atoms with Crippen LogP contribution in [0.2, 0.25) is 0 Å². The zero-order valence-corrected chi connectivity index (χ0v) is 17.2. The van der Waals surface area contributed by atoms with Crippen LogP contribution in [-0.4, -0.2) is 63.0 Å². The number of carbonyl (C=O) groups excluding carboxylic acids is 1. The summed E-state index contributed by atoms with van der Waals surface area (Å²) in [7, 11) is -3.51. The molecule has 150 valence electrons. The number of ether oxygens (including phenoxy) is 1. The molecule has 1 aromatic heterocycles. The number of anilines is 2. The van der Waals surface area contributed by atoms with Crippen molar-refractivity contribution in [1.82, 2.24) is 9.29 Å². The molecule has 0 bridgehead atoms. The molecule has 0 unspecified atom stereocenters. The molecule has 1 aromatic carbocycles. The largest absolute Gasteiger partial charge is 0.379 e. The Balaban J connectivity index is 1.46. The maximum Gasteiger partial charge on any atom is 0.245 e. The highest BCUT2D eigenvalue weighted by Gasteiger charge is 2.29. The van der Waals surface area contributed by atoms with Gasteiger partial charge in [-0.1, -0.05) is 0 Å². The average molecular weight is 423 g/mol. The number of nitrogens with zero attached hydrogens (tertiary/aromatic N) is 3. The van der Waals surface area contributed by atoms with Gasteiger partial charge in [0.15, 0.2) is 5.13 Å². The third-order valence-electron chi connectivity index (χ3n) is 4.85. The number of hydrogen-bond acceptors (Lipinski definition) is 7. The molecule has 3 heterocycles. The summed E-state index contributed by atoms with van der Waals surface area (Å²) in [6.45, 7) is 4.37. The molecule has 28 heavy (non-hydrogen) atoms. The zero-order valence-electron chi connectivity index (χ0n) is 15.6. The second kappa shape index (κ2) is 7.78. The number of sulfonamides is 1. The fourth-order valence-corrected chi connectivity index (χ4v) is 5.61. The predicted molar refractivity (Wildman–Crippen MR) is 107 cm³/mol. The number of rotatable bonds is 5. The van der Waals surface area contributed by atoms with Crippen molar-refractivity contribution in [3.05, 3.63) is 34.8 Å². The van der Waals surface area contributed by atoms with E-state index in [4.69, 9.17) is 4.74 Å². The lowest BCUT2D eigenvalue weighted by Gasteiger charge is -2.26. The van der Waals surface area contributed by atoms with Crippen LogP contribution in [0.25, 0.3) is 0 Å². The van der Waals surface area contributed by atoms with Crippen LogP contribution in [0, 0.1) is 6.92 Å². The second-order valence-electron chi connectivity index (χ2n) is 6.82. The molecular formula is C18H22N4O4S2. The standard InChI is InChI=1S/C18H22N4O4S2/c1-13-12-27-18(19-13)20-17(23)11-21-5-4-14-10-15(2-3-16(14)21)28(24,25)22-6-8-26-9-7-22/h2-3,10,12H,4-9,11H2,1H3,(H,19,20,23). The Hall–Kier alpha value is -2.01. The van der Waals surface area contributed by atoms with E-state index in [1.807, 2.05) is 17.2 Å². The van der Waals surface area contributed by atoms with Gasteiger partial charge >= 0.3 is 0 Å². The number of carbonyl (C=O) groups is 1. The van der Waals surface area contributed by atoms with E-state index in [0.29, 0.717) is 49.3 Å². The van der Waals surface area contributed by atoms with Crippen molar-refractivity contribution in [2.24, 2.45) is 0 Å². The first-order valence-corrected chi connectivity index (χ1v) is 11.4. The third kappa shape index (κ3) is 3.90. The number of thiazole rings is 1. The highest BCUT2D eigenvalue weighted by Crippen LogP contribution is 2.31. The van der Waals surface area contributed by atoms with E-state index in [1.165, 1.54) is 15.6 Å². The molecule has 2 aliphatic rings.